The minimum absolute atomic E-state index is 0.0510. The van der Waals surface area contributed by atoms with Gasteiger partial charge in [0.2, 0.25) is 11.8 Å². The number of nitrogens with one attached hydrogen (secondary N) is 1. The molecule has 0 saturated carbocycles. The number of amides is 2. The standard InChI is InChI=1S/C33H34F2N4O2S/c1-20-10-15-26(21(2)16-20)39-32-29(31(37-39)33(3,4)5)30(24-8-6-7-9-25(24)35)42-19-28(41)38(32)18-27(40)36-17-22-11-13-23(34)14-12-22/h6-16,30H,17-19H2,1-5H3,(H,36,40). The van der Waals surface area contributed by atoms with E-state index in [0.29, 0.717) is 11.4 Å². The molecule has 1 atom stereocenters. The molecular formula is C33H34F2N4O2S. The van der Waals surface area contributed by atoms with Crippen LogP contribution >= 0.6 is 11.8 Å². The quantitative estimate of drug-likeness (QED) is 0.277. The number of aromatic nitrogens is 2. The Morgan fingerprint density at radius 3 is 2.43 bits per heavy atom. The first-order valence-electron chi connectivity index (χ1n) is 13.8. The molecule has 42 heavy (non-hydrogen) atoms. The third kappa shape index (κ3) is 5.97. The van der Waals surface area contributed by atoms with Crippen molar-refractivity contribution in [1.29, 1.82) is 0 Å². The minimum atomic E-state index is -0.522. The van der Waals surface area contributed by atoms with Gasteiger partial charge in [0.25, 0.3) is 0 Å². The molecule has 1 N–H and O–H groups in total. The zero-order valence-electron chi connectivity index (χ0n) is 24.4. The number of carbonyl (C=O) groups excluding carboxylic acids is 2. The lowest BCUT2D eigenvalue weighted by Crippen LogP contribution is -2.42. The first kappa shape index (κ1) is 29.5. The fraction of sp³-hybridized carbons (Fsp3) is 0.303. The number of thioether (sulfide) groups is 1. The second-order valence-corrected chi connectivity index (χ2v) is 12.7. The Bertz CT molecular complexity index is 1640. The van der Waals surface area contributed by atoms with Gasteiger partial charge in [0, 0.05) is 23.1 Å². The van der Waals surface area contributed by atoms with Gasteiger partial charge in [-0.05, 0) is 49.2 Å². The monoisotopic (exact) mass is 588 g/mol. The summed E-state index contributed by atoms with van der Waals surface area (Å²) in [6, 6.07) is 18.5. The van der Waals surface area contributed by atoms with Crippen molar-refractivity contribution < 1.29 is 18.4 Å². The lowest BCUT2D eigenvalue weighted by molar-refractivity contribution is -0.123. The van der Waals surface area contributed by atoms with Crippen LogP contribution in [0.3, 0.4) is 0 Å². The van der Waals surface area contributed by atoms with E-state index < -0.39 is 10.7 Å². The van der Waals surface area contributed by atoms with E-state index in [1.807, 2.05) is 52.8 Å². The van der Waals surface area contributed by atoms with Gasteiger partial charge >= 0.3 is 0 Å². The summed E-state index contributed by atoms with van der Waals surface area (Å²) in [5, 5.41) is 7.42. The highest BCUT2D eigenvalue weighted by Gasteiger charge is 2.40. The van der Waals surface area contributed by atoms with Gasteiger partial charge in [-0.25, -0.2) is 13.5 Å². The molecule has 2 amide bonds. The third-order valence-electron chi connectivity index (χ3n) is 7.27. The van der Waals surface area contributed by atoms with Crippen molar-refractivity contribution in [1.82, 2.24) is 15.1 Å². The van der Waals surface area contributed by atoms with E-state index >= 15 is 4.39 Å². The zero-order valence-corrected chi connectivity index (χ0v) is 25.2. The molecule has 0 bridgehead atoms. The Kier molecular flexibility index (Phi) is 8.23. The maximum absolute atomic E-state index is 15.3. The maximum atomic E-state index is 15.3. The summed E-state index contributed by atoms with van der Waals surface area (Å²) in [5.41, 5.74) is 4.99. The molecule has 1 unspecified atom stereocenters. The van der Waals surface area contributed by atoms with Gasteiger partial charge in [-0.1, -0.05) is 68.8 Å². The molecule has 4 aromatic rings. The fourth-order valence-corrected chi connectivity index (χ4v) is 6.44. The average molecular weight is 589 g/mol. The van der Waals surface area contributed by atoms with Crippen molar-refractivity contribution in [2.45, 2.75) is 51.8 Å². The Balaban J connectivity index is 1.66. The van der Waals surface area contributed by atoms with Crippen LogP contribution < -0.4 is 10.2 Å². The highest BCUT2D eigenvalue weighted by atomic mass is 32.2. The van der Waals surface area contributed by atoms with Crippen molar-refractivity contribution in [3.05, 3.63) is 112 Å². The predicted octanol–water partition coefficient (Wildman–Crippen LogP) is 6.55. The molecule has 9 heteroatoms. The van der Waals surface area contributed by atoms with Crippen LogP contribution in [0.15, 0.2) is 66.7 Å². The van der Waals surface area contributed by atoms with Crippen LogP contribution in [0.1, 0.15) is 59.5 Å². The van der Waals surface area contributed by atoms with Crippen molar-refractivity contribution >= 4 is 29.4 Å². The van der Waals surface area contributed by atoms with Gasteiger partial charge in [-0.2, -0.15) is 5.10 Å². The van der Waals surface area contributed by atoms with Crippen molar-refractivity contribution in [2.24, 2.45) is 0 Å². The average Bonchev–Trinajstić information content (AvgIpc) is 3.26. The predicted molar refractivity (Wildman–Crippen MR) is 163 cm³/mol. The van der Waals surface area contributed by atoms with Crippen molar-refractivity contribution in [3.63, 3.8) is 0 Å². The summed E-state index contributed by atoms with van der Waals surface area (Å²) in [6.45, 7) is 10.0. The molecule has 2 heterocycles. The van der Waals surface area contributed by atoms with E-state index in [1.165, 1.54) is 34.9 Å². The van der Waals surface area contributed by atoms with Crippen LogP contribution in [0, 0.1) is 25.5 Å². The van der Waals surface area contributed by atoms with E-state index in [9.17, 15) is 14.0 Å². The van der Waals surface area contributed by atoms with Crippen LogP contribution in [-0.4, -0.2) is 33.9 Å². The van der Waals surface area contributed by atoms with E-state index in [1.54, 1.807) is 35.0 Å². The number of rotatable bonds is 6. The number of aryl methyl sites for hydroxylation is 2. The molecule has 218 valence electrons. The number of fused-ring (bicyclic) bond motifs is 1. The molecule has 0 spiro atoms. The van der Waals surface area contributed by atoms with Gasteiger partial charge in [0.05, 0.1) is 22.4 Å². The Labute approximate surface area is 249 Å². The van der Waals surface area contributed by atoms with E-state index in [2.05, 4.69) is 5.32 Å². The van der Waals surface area contributed by atoms with Crippen LogP contribution in [0.5, 0.6) is 0 Å². The van der Waals surface area contributed by atoms with Gasteiger partial charge in [0.15, 0.2) is 0 Å². The molecule has 0 saturated heterocycles. The second kappa shape index (κ2) is 11.7. The molecule has 5 rings (SSSR count). The van der Waals surface area contributed by atoms with E-state index in [4.69, 9.17) is 5.10 Å². The molecule has 0 radical (unpaired) electrons. The lowest BCUT2D eigenvalue weighted by atomic mass is 9.87. The molecular weight excluding hydrogens is 554 g/mol. The largest absolute Gasteiger partial charge is 0.350 e. The van der Waals surface area contributed by atoms with Gasteiger partial charge in [-0.15, -0.1) is 11.8 Å². The van der Waals surface area contributed by atoms with Crippen LogP contribution in [0.4, 0.5) is 14.6 Å². The molecule has 6 nitrogen and oxygen atoms in total. The number of benzene rings is 3. The first-order chi connectivity index (χ1) is 19.9. The maximum Gasteiger partial charge on any atom is 0.240 e. The third-order valence-corrected chi connectivity index (χ3v) is 8.51. The fourth-order valence-electron chi connectivity index (χ4n) is 5.22. The summed E-state index contributed by atoms with van der Waals surface area (Å²) in [7, 11) is 0. The zero-order chi connectivity index (χ0) is 30.2. The SMILES string of the molecule is Cc1ccc(-n2nc(C(C)(C)C)c3c2N(CC(=O)NCc2ccc(F)cc2)C(=O)CSC3c2ccccc2F)c(C)c1. The molecule has 0 aliphatic carbocycles. The summed E-state index contributed by atoms with van der Waals surface area (Å²) in [5.74, 6) is -0.855. The minimum Gasteiger partial charge on any atom is -0.350 e. The second-order valence-electron chi connectivity index (χ2n) is 11.6. The Morgan fingerprint density at radius 2 is 1.76 bits per heavy atom. The van der Waals surface area contributed by atoms with Gasteiger partial charge < -0.3 is 5.32 Å². The van der Waals surface area contributed by atoms with Gasteiger partial charge in [-0.3, -0.25) is 14.5 Å². The Hall–Kier alpha value is -3.98. The normalized spacial score (nSPS) is 15.4. The number of anilines is 1. The topological polar surface area (TPSA) is 67.2 Å². The van der Waals surface area contributed by atoms with Crippen LogP contribution in [-0.2, 0) is 21.5 Å². The first-order valence-corrected chi connectivity index (χ1v) is 14.9. The highest BCUT2D eigenvalue weighted by Crippen LogP contribution is 2.49. The molecule has 1 aliphatic heterocycles. The summed E-state index contributed by atoms with van der Waals surface area (Å²) in [4.78, 5) is 28.6. The molecule has 1 aromatic heterocycles. The van der Waals surface area contributed by atoms with E-state index in [-0.39, 0.29) is 42.3 Å². The summed E-state index contributed by atoms with van der Waals surface area (Å²) in [6.07, 6.45) is 0. The van der Waals surface area contributed by atoms with E-state index in [0.717, 1.165) is 33.6 Å². The number of hydrogen-bond acceptors (Lipinski definition) is 4. The lowest BCUT2D eigenvalue weighted by Gasteiger charge is -2.25. The summed E-state index contributed by atoms with van der Waals surface area (Å²) >= 11 is 1.34. The summed E-state index contributed by atoms with van der Waals surface area (Å²) < 4.78 is 30.4. The number of nitrogens with zero attached hydrogens (tertiary/aromatic N) is 3. The highest BCUT2D eigenvalue weighted by molar-refractivity contribution is 8.00. The number of hydrogen-bond donors (Lipinski definition) is 1. The smallest absolute Gasteiger partial charge is 0.240 e. The van der Waals surface area contributed by atoms with Crippen molar-refractivity contribution in [2.75, 3.05) is 17.2 Å². The van der Waals surface area contributed by atoms with Crippen LogP contribution in [0.2, 0.25) is 0 Å². The number of carbonyl (C=O) groups is 2. The molecule has 1 aliphatic rings. The van der Waals surface area contributed by atoms with Crippen molar-refractivity contribution in [3.8, 4) is 5.69 Å². The van der Waals surface area contributed by atoms with Crippen LogP contribution in [0.25, 0.3) is 5.69 Å². The number of halogens is 2. The Morgan fingerprint density at radius 1 is 1.05 bits per heavy atom. The molecule has 3 aromatic carbocycles. The molecule has 0 fully saturated rings. The van der Waals surface area contributed by atoms with Gasteiger partial charge in [0.1, 0.15) is 24.0 Å².